The highest BCUT2D eigenvalue weighted by molar-refractivity contribution is 7.91. The Labute approximate surface area is 176 Å². The molecule has 0 amide bonds. The van der Waals surface area contributed by atoms with Gasteiger partial charge in [-0.1, -0.05) is 25.1 Å². The molecule has 1 aliphatic heterocycles. The lowest BCUT2D eigenvalue weighted by Gasteiger charge is -2.36. The van der Waals surface area contributed by atoms with Crippen LogP contribution in [0, 0.1) is 0 Å². The molecule has 1 aliphatic rings. The number of anilines is 1. The molecule has 0 bridgehead atoms. The lowest BCUT2D eigenvalue weighted by molar-refractivity contribution is 0.372. The van der Waals surface area contributed by atoms with E-state index in [9.17, 15) is 8.42 Å². The number of nitrogens with one attached hydrogen (secondary N) is 1. The first kappa shape index (κ1) is 21.5. The van der Waals surface area contributed by atoms with Crippen LogP contribution in [0.3, 0.4) is 0 Å². The molecule has 0 aliphatic carbocycles. The fraction of sp³-hybridized carbons (Fsp3) is 0.526. The molecule has 1 saturated heterocycles. The second-order valence-electron chi connectivity index (χ2n) is 6.69. The lowest BCUT2D eigenvalue weighted by atomic mass is 10.3. The van der Waals surface area contributed by atoms with E-state index in [-0.39, 0.29) is 12.3 Å². The average molecular weight is 437 g/mol. The average Bonchev–Trinajstić information content (AvgIpc) is 3.23. The molecule has 2 heterocycles. The van der Waals surface area contributed by atoms with Crippen LogP contribution in [-0.4, -0.2) is 73.7 Å². The van der Waals surface area contributed by atoms with Crippen LogP contribution in [0.1, 0.15) is 19.7 Å². The van der Waals surface area contributed by atoms with Gasteiger partial charge >= 0.3 is 0 Å². The van der Waals surface area contributed by atoms with Gasteiger partial charge in [-0.25, -0.2) is 13.4 Å². The maximum Gasteiger partial charge on any atom is 0.205 e. The largest absolute Gasteiger partial charge is 0.357 e. The van der Waals surface area contributed by atoms with Crippen molar-refractivity contribution in [2.24, 2.45) is 4.99 Å². The van der Waals surface area contributed by atoms with Gasteiger partial charge in [-0.15, -0.1) is 0 Å². The number of aromatic nitrogens is 2. The molecule has 1 fully saturated rings. The molecule has 29 heavy (non-hydrogen) atoms. The smallest absolute Gasteiger partial charge is 0.205 e. The van der Waals surface area contributed by atoms with Crippen molar-refractivity contribution in [3.05, 3.63) is 36.2 Å². The zero-order valence-electron chi connectivity index (χ0n) is 16.9. The summed E-state index contributed by atoms with van der Waals surface area (Å²) in [5, 5.41) is 4.25. The predicted molar refractivity (Wildman–Crippen MR) is 118 cm³/mol. The Morgan fingerprint density at radius 3 is 2.52 bits per heavy atom. The topological polar surface area (TPSA) is 90.8 Å². The summed E-state index contributed by atoms with van der Waals surface area (Å²) in [5.74, 6) is 1.65. The summed E-state index contributed by atoms with van der Waals surface area (Å²) >= 11 is 1.45. The van der Waals surface area contributed by atoms with E-state index in [4.69, 9.17) is 0 Å². The van der Waals surface area contributed by atoms with Crippen LogP contribution >= 0.6 is 11.5 Å². The van der Waals surface area contributed by atoms with Crippen molar-refractivity contribution >= 4 is 32.5 Å². The second kappa shape index (κ2) is 10.0. The number of nitrogens with zero attached hydrogens (tertiary/aromatic N) is 5. The molecule has 0 radical (unpaired) electrons. The first-order valence-electron chi connectivity index (χ1n) is 9.92. The zero-order chi connectivity index (χ0) is 20.7. The SMILES string of the molecule is CCNC(=NCCS(=O)(=O)c1ccccc1)N1CCN(c2nc(CC)ns2)CC1. The summed E-state index contributed by atoms with van der Waals surface area (Å²) in [7, 11) is -3.32. The number of guanidine groups is 1. The van der Waals surface area contributed by atoms with E-state index >= 15 is 0 Å². The Balaban J connectivity index is 1.58. The molecular weight excluding hydrogens is 408 g/mol. The summed E-state index contributed by atoms with van der Waals surface area (Å²) in [5.41, 5.74) is 0. The number of benzene rings is 1. The van der Waals surface area contributed by atoms with Crippen molar-refractivity contribution in [1.29, 1.82) is 0 Å². The van der Waals surface area contributed by atoms with Crippen LogP contribution in [0.2, 0.25) is 0 Å². The van der Waals surface area contributed by atoms with Gasteiger partial charge in [-0.05, 0) is 19.1 Å². The van der Waals surface area contributed by atoms with E-state index in [1.165, 1.54) is 11.5 Å². The van der Waals surface area contributed by atoms with Gasteiger partial charge in [0.1, 0.15) is 5.82 Å². The Hall–Kier alpha value is -2.20. The van der Waals surface area contributed by atoms with Gasteiger partial charge in [0, 0.05) is 50.7 Å². The molecular formula is C19H28N6O2S2. The van der Waals surface area contributed by atoms with E-state index in [0.717, 1.165) is 56.1 Å². The van der Waals surface area contributed by atoms with Gasteiger partial charge < -0.3 is 15.1 Å². The van der Waals surface area contributed by atoms with Crippen LogP contribution < -0.4 is 10.2 Å². The summed E-state index contributed by atoms with van der Waals surface area (Å²) in [6.07, 6.45) is 0.847. The fourth-order valence-corrected chi connectivity index (χ4v) is 5.01. The zero-order valence-corrected chi connectivity index (χ0v) is 18.5. The van der Waals surface area contributed by atoms with E-state index in [1.807, 2.05) is 13.0 Å². The van der Waals surface area contributed by atoms with Gasteiger partial charge in [0.25, 0.3) is 0 Å². The fourth-order valence-electron chi connectivity index (χ4n) is 3.07. The Morgan fingerprint density at radius 2 is 1.90 bits per heavy atom. The monoisotopic (exact) mass is 436 g/mol. The lowest BCUT2D eigenvalue weighted by Crippen LogP contribution is -2.52. The summed E-state index contributed by atoms with van der Waals surface area (Å²) < 4.78 is 29.3. The molecule has 0 spiro atoms. The maximum absolute atomic E-state index is 12.5. The van der Waals surface area contributed by atoms with E-state index in [2.05, 4.69) is 36.4 Å². The van der Waals surface area contributed by atoms with Crippen molar-refractivity contribution in [1.82, 2.24) is 19.6 Å². The number of hydrogen-bond acceptors (Lipinski definition) is 7. The number of rotatable bonds is 7. The second-order valence-corrected chi connectivity index (χ2v) is 9.53. The van der Waals surface area contributed by atoms with Crippen molar-refractivity contribution in [2.75, 3.05) is 49.9 Å². The highest BCUT2D eigenvalue weighted by Gasteiger charge is 2.22. The predicted octanol–water partition coefficient (Wildman–Crippen LogP) is 1.66. The number of hydrogen-bond donors (Lipinski definition) is 1. The minimum Gasteiger partial charge on any atom is -0.357 e. The maximum atomic E-state index is 12.5. The number of aryl methyl sites for hydroxylation is 1. The molecule has 1 N–H and O–H groups in total. The molecule has 1 aromatic heterocycles. The molecule has 0 atom stereocenters. The van der Waals surface area contributed by atoms with Crippen LogP contribution in [0.25, 0.3) is 0 Å². The summed E-state index contributed by atoms with van der Waals surface area (Å²) in [4.78, 5) is 13.9. The normalized spacial score (nSPS) is 15.6. The number of aliphatic imine (C=N–C) groups is 1. The Morgan fingerprint density at radius 1 is 1.17 bits per heavy atom. The van der Waals surface area contributed by atoms with Gasteiger partial charge in [0.2, 0.25) is 5.13 Å². The highest BCUT2D eigenvalue weighted by atomic mass is 32.2. The minimum atomic E-state index is -3.32. The third-order valence-electron chi connectivity index (χ3n) is 4.68. The third kappa shape index (κ3) is 5.66. The van der Waals surface area contributed by atoms with Gasteiger partial charge in [-0.3, -0.25) is 4.99 Å². The summed E-state index contributed by atoms with van der Waals surface area (Å²) in [6, 6.07) is 8.54. The molecule has 10 heteroatoms. The molecule has 3 rings (SSSR count). The van der Waals surface area contributed by atoms with Crippen LogP contribution in [0.4, 0.5) is 5.13 Å². The van der Waals surface area contributed by atoms with Crippen LogP contribution in [-0.2, 0) is 16.3 Å². The van der Waals surface area contributed by atoms with Crippen LogP contribution in [0.5, 0.6) is 0 Å². The Kier molecular flexibility index (Phi) is 7.43. The number of piperazine rings is 1. The van der Waals surface area contributed by atoms with Crippen molar-refractivity contribution in [2.45, 2.75) is 25.2 Å². The van der Waals surface area contributed by atoms with Gasteiger partial charge in [0.15, 0.2) is 15.8 Å². The summed E-state index contributed by atoms with van der Waals surface area (Å²) in [6.45, 7) is 8.32. The molecule has 8 nitrogen and oxygen atoms in total. The quantitative estimate of drug-likeness (QED) is 0.521. The minimum absolute atomic E-state index is 0.00352. The third-order valence-corrected chi connectivity index (χ3v) is 7.21. The van der Waals surface area contributed by atoms with Gasteiger partial charge in [-0.2, -0.15) is 4.37 Å². The first-order valence-corrected chi connectivity index (χ1v) is 12.3. The van der Waals surface area contributed by atoms with Crippen molar-refractivity contribution in [3.63, 3.8) is 0 Å². The highest BCUT2D eigenvalue weighted by Crippen LogP contribution is 2.19. The molecule has 0 unspecified atom stereocenters. The first-order chi connectivity index (χ1) is 14.0. The van der Waals surface area contributed by atoms with E-state index < -0.39 is 9.84 Å². The standard InChI is InChI=1S/C19H28N6O2S2/c1-3-17-22-19(28-23-17)25-13-11-24(12-14-25)18(20-4-2)21-10-15-29(26,27)16-8-6-5-7-9-16/h5-9H,3-4,10-15H2,1-2H3,(H,20,21). The molecule has 1 aromatic carbocycles. The number of sulfone groups is 1. The molecule has 158 valence electrons. The van der Waals surface area contributed by atoms with Crippen molar-refractivity contribution in [3.8, 4) is 0 Å². The van der Waals surface area contributed by atoms with Crippen molar-refractivity contribution < 1.29 is 8.42 Å². The van der Waals surface area contributed by atoms with E-state index in [1.54, 1.807) is 24.3 Å². The van der Waals surface area contributed by atoms with E-state index in [0.29, 0.717) is 4.90 Å². The van der Waals surface area contributed by atoms with Gasteiger partial charge in [0.05, 0.1) is 17.2 Å². The van der Waals surface area contributed by atoms with Crippen LogP contribution in [0.15, 0.2) is 40.2 Å². The molecule has 0 saturated carbocycles. The molecule has 2 aromatic rings. The Bertz CT molecular complexity index is 906.